The molecular formula is C22H21N3O4. The molecule has 2 N–H and O–H groups in total. The van der Waals surface area contributed by atoms with Crippen LogP contribution in [0.15, 0.2) is 53.1 Å². The third kappa shape index (κ3) is 3.85. The standard InChI is InChI=1S/C22H21N3O4/c1-13(14-7-9-17-15(11-14)8-10-21(26)24-17)23-22(27)18-12-20(29-25-18)16-5-3-4-6-19(16)28-2/h3-7,9,11-13H,8,10H2,1-2H3,(H,23,27)(H,24,26). The summed E-state index contributed by atoms with van der Waals surface area (Å²) < 4.78 is 10.7. The molecule has 4 rings (SSSR count). The number of fused-ring (bicyclic) bond motifs is 1. The molecule has 1 aliphatic heterocycles. The minimum absolute atomic E-state index is 0.0310. The second-order valence-electron chi connectivity index (χ2n) is 6.94. The molecule has 7 nitrogen and oxygen atoms in total. The van der Waals surface area contributed by atoms with Gasteiger partial charge >= 0.3 is 0 Å². The van der Waals surface area contributed by atoms with Gasteiger partial charge in [0.25, 0.3) is 5.91 Å². The van der Waals surface area contributed by atoms with Gasteiger partial charge in [-0.3, -0.25) is 9.59 Å². The number of hydrogen-bond donors (Lipinski definition) is 2. The largest absolute Gasteiger partial charge is 0.496 e. The van der Waals surface area contributed by atoms with E-state index in [1.165, 1.54) is 0 Å². The molecule has 2 amide bonds. The van der Waals surface area contributed by atoms with Crippen molar-refractivity contribution >= 4 is 17.5 Å². The molecular weight excluding hydrogens is 370 g/mol. The number of amides is 2. The Kier molecular flexibility index (Phi) is 5.03. The Morgan fingerprint density at radius 1 is 1.21 bits per heavy atom. The number of aromatic nitrogens is 1. The minimum atomic E-state index is -0.326. The van der Waals surface area contributed by atoms with E-state index in [4.69, 9.17) is 9.26 Å². The topological polar surface area (TPSA) is 93.5 Å². The normalized spacial score (nSPS) is 13.9. The Morgan fingerprint density at radius 3 is 2.86 bits per heavy atom. The molecule has 1 aromatic heterocycles. The molecule has 0 fully saturated rings. The molecule has 29 heavy (non-hydrogen) atoms. The van der Waals surface area contributed by atoms with Crippen LogP contribution in [0.1, 0.15) is 41.0 Å². The summed E-state index contributed by atoms with van der Waals surface area (Å²) in [7, 11) is 1.58. The van der Waals surface area contributed by atoms with Gasteiger partial charge in [-0.15, -0.1) is 0 Å². The van der Waals surface area contributed by atoms with Crippen LogP contribution in [0.2, 0.25) is 0 Å². The highest BCUT2D eigenvalue weighted by Gasteiger charge is 2.20. The summed E-state index contributed by atoms with van der Waals surface area (Å²) in [5, 5.41) is 9.71. The molecule has 0 radical (unpaired) electrons. The third-order valence-corrected chi connectivity index (χ3v) is 4.99. The predicted octanol–water partition coefficient (Wildman–Crippen LogP) is 3.73. The zero-order valence-electron chi connectivity index (χ0n) is 16.2. The number of anilines is 1. The van der Waals surface area contributed by atoms with Crippen LogP contribution >= 0.6 is 0 Å². The number of nitrogens with zero attached hydrogens (tertiary/aromatic N) is 1. The summed E-state index contributed by atoms with van der Waals surface area (Å²) in [6.45, 7) is 1.91. The van der Waals surface area contributed by atoms with Gasteiger partial charge in [0.2, 0.25) is 5.91 Å². The molecule has 148 valence electrons. The van der Waals surface area contributed by atoms with Crippen molar-refractivity contribution in [3.05, 3.63) is 65.4 Å². The van der Waals surface area contributed by atoms with E-state index in [-0.39, 0.29) is 23.6 Å². The highest BCUT2D eigenvalue weighted by Crippen LogP contribution is 2.30. The highest BCUT2D eigenvalue weighted by molar-refractivity contribution is 5.94. The molecule has 0 bridgehead atoms. The molecule has 1 atom stereocenters. The van der Waals surface area contributed by atoms with Crippen LogP contribution in [0, 0.1) is 0 Å². The number of ether oxygens (including phenoxy) is 1. The van der Waals surface area contributed by atoms with Crippen molar-refractivity contribution in [3.8, 4) is 17.1 Å². The van der Waals surface area contributed by atoms with Gasteiger partial charge in [0.1, 0.15) is 5.75 Å². The predicted molar refractivity (Wildman–Crippen MR) is 108 cm³/mol. The van der Waals surface area contributed by atoms with Crippen molar-refractivity contribution in [1.82, 2.24) is 10.5 Å². The van der Waals surface area contributed by atoms with Crippen molar-refractivity contribution < 1.29 is 18.8 Å². The van der Waals surface area contributed by atoms with Gasteiger partial charge < -0.3 is 19.9 Å². The van der Waals surface area contributed by atoms with Crippen LogP contribution in [-0.2, 0) is 11.2 Å². The maximum atomic E-state index is 12.6. The molecule has 0 saturated heterocycles. The van der Waals surface area contributed by atoms with E-state index >= 15 is 0 Å². The lowest BCUT2D eigenvalue weighted by Gasteiger charge is -2.20. The van der Waals surface area contributed by atoms with Gasteiger partial charge in [-0.1, -0.05) is 29.4 Å². The monoisotopic (exact) mass is 391 g/mol. The Morgan fingerprint density at radius 2 is 2.03 bits per heavy atom. The van der Waals surface area contributed by atoms with Crippen LogP contribution in [0.4, 0.5) is 5.69 Å². The molecule has 1 unspecified atom stereocenters. The van der Waals surface area contributed by atoms with Crippen LogP contribution in [0.25, 0.3) is 11.3 Å². The Balaban J connectivity index is 1.48. The summed E-state index contributed by atoms with van der Waals surface area (Å²) >= 11 is 0. The minimum Gasteiger partial charge on any atom is -0.496 e. The lowest BCUT2D eigenvalue weighted by molar-refractivity contribution is -0.116. The average molecular weight is 391 g/mol. The number of benzene rings is 2. The van der Waals surface area contributed by atoms with E-state index in [2.05, 4.69) is 15.8 Å². The number of nitrogens with one attached hydrogen (secondary N) is 2. The molecule has 2 aromatic carbocycles. The van der Waals surface area contributed by atoms with E-state index in [0.717, 1.165) is 22.4 Å². The van der Waals surface area contributed by atoms with Gasteiger partial charge in [-0.2, -0.15) is 0 Å². The van der Waals surface area contributed by atoms with Crippen molar-refractivity contribution in [2.24, 2.45) is 0 Å². The number of methoxy groups -OCH3 is 1. The molecule has 3 aromatic rings. The van der Waals surface area contributed by atoms with E-state index in [0.29, 0.717) is 24.4 Å². The molecule has 0 spiro atoms. The van der Waals surface area contributed by atoms with Crippen molar-refractivity contribution in [1.29, 1.82) is 0 Å². The number of hydrogen-bond acceptors (Lipinski definition) is 5. The van der Waals surface area contributed by atoms with Crippen molar-refractivity contribution in [2.45, 2.75) is 25.8 Å². The number of carbonyl (C=O) groups is 2. The van der Waals surface area contributed by atoms with E-state index in [1.54, 1.807) is 13.2 Å². The Labute approximate surface area is 168 Å². The fourth-order valence-electron chi connectivity index (χ4n) is 3.38. The van der Waals surface area contributed by atoms with Gasteiger partial charge in [-0.25, -0.2) is 0 Å². The van der Waals surface area contributed by atoms with Crippen LogP contribution < -0.4 is 15.4 Å². The second kappa shape index (κ2) is 7.79. The summed E-state index contributed by atoms with van der Waals surface area (Å²) in [5.41, 5.74) is 3.79. The van der Waals surface area contributed by atoms with Gasteiger partial charge in [0, 0.05) is 18.2 Å². The zero-order chi connectivity index (χ0) is 20.4. The summed E-state index contributed by atoms with van der Waals surface area (Å²) in [4.78, 5) is 24.1. The summed E-state index contributed by atoms with van der Waals surface area (Å²) in [6, 6.07) is 14.5. The van der Waals surface area contributed by atoms with E-state index < -0.39 is 0 Å². The van der Waals surface area contributed by atoms with Crippen molar-refractivity contribution in [3.63, 3.8) is 0 Å². The smallest absolute Gasteiger partial charge is 0.273 e. The first kappa shape index (κ1) is 18.7. The van der Waals surface area contributed by atoms with E-state index in [1.807, 2.05) is 49.4 Å². The lowest BCUT2D eigenvalue weighted by atomic mass is 9.98. The fourth-order valence-corrected chi connectivity index (χ4v) is 3.38. The third-order valence-electron chi connectivity index (χ3n) is 4.99. The van der Waals surface area contributed by atoms with Crippen LogP contribution in [-0.4, -0.2) is 24.1 Å². The zero-order valence-corrected chi connectivity index (χ0v) is 16.2. The van der Waals surface area contributed by atoms with Gasteiger partial charge in [-0.05, 0) is 42.7 Å². The quantitative estimate of drug-likeness (QED) is 0.691. The van der Waals surface area contributed by atoms with Gasteiger partial charge in [0.05, 0.1) is 18.7 Å². The molecule has 0 saturated carbocycles. The van der Waals surface area contributed by atoms with Crippen molar-refractivity contribution in [2.75, 3.05) is 12.4 Å². The maximum Gasteiger partial charge on any atom is 0.273 e. The Bertz CT molecular complexity index is 1070. The SMILES string of the molecule is COc1ccccc1-c1cc(C(=O)NC(C)c2ccc3c(c2)CCC(=O)N3)no1. The Hall–Kier alpha value is -3.61. The number of rotatable bonds is 5. The molecule has 0 aliphatic carbocycles. The van der Waals surface area contributed by atoms with Gasteiger partial charge in [0.15, 0.2) is 11.5 Å². The number of carbonyl (C=O) groups excluding carboxylic acids is 2. The molecule has 7 heteroatoms. The highest BCUT2D eigenvalue weighted by atomic mass is 16.5. The molecule has 1 aliphatic rings. The first-order chi connectivity index (χ1) is 14.0. The maximum absolute atomic E-state index is 12.6. The van der Waals surface area contributed by atoms with Crippen LogP contribution in [0.5, 0.6) is 5.75 Å². The first-order valence-corrected chi connectivity index (χ1v) is 9.39. The number of para-hydroxylation sites is 1. The summed E-state index contributed by atoms with van der Waals surface area (Å²) in [6.07, 6.45) is 1.17. The fraction of sp³-hybridized carbons (Fsp3) is 0.227. The second-order valence-corrected chi connectivity index (χ2v) is 6.94. The van der Waals surface area contributed by atoms with E-state index in [9.17, 15) is 9.59 Å². The number of aryl methyl sites for hydroxylation is 1. The molecule has 2 heterocycles. The first-order valence-electron chi connectivity index (χ1n) is 9.39. The van der Waals surface area contributed by atoms with Crippen LogP contribution in [0.3, 0.4) is 0 Å². The average Bonchev–Trinajstić information content (AvgIpc) is 3.23. The summed E-state index contributed by atoms with van der Waals surface area (Å²) in [5.74, 6) is 0.812. The lowest BCUT2D eigenvalue weighted by Crippen LogP contribution is -2.27.